The highest BCUT2D eigenvalue weighted by Gasteiger charge is 2.17. The highest BCUT2D eigenvalue weighted by molar-refractivity contribution is 6.04. The van der Waals surface area contributed by atoms with Crippen molar-refractivity contribution in [1.29, 1.82) is 0 Å². The first kappa shape index (κ1) is 19.4. The number of carbonyl (C=O) groups excluding carboxylic acids is 1. The number of methoxy groups -OCH3 is 1. The number of carbonyl (C=O) groups is 1. The summed E-state index contributed by atoms with van der Waals surface area (Å²) in [6, 6.07) is 22.9. The molecule has 4 aromatic rings. The van der Waals surface area contributed by atoms with Crippen LogP contribution in [0.25, 0.3) is 16.9 Å². The molecule has 150 valence electrons. The lowest BCUT2D eigenvalue weighted by Gasteiger charge is -2.09. The molecule has 0 bridgehead atoms. The van der Waals surface area contributed by atoms with Crippen LogP contribution >= 0.6 is 0 Å². The van der Waals surface area contributed by atoms with E-state index in [1.807, 2.05) is 55.5 Å². The standard InChI is InChI=1S/C24H20FN3O2/c1-16-7-11-18(12-8-16)28-23(26-24(29)20-5-3-4-6-21(20)25)15-22(27-28)17-9-13-19(30-2)14-10-17/h3-15H,1-2H3,(H,26,29). The predicted molar refractivity (Wildman–Crippen MR) is 115 cm³/mol. The van der Waals surface area contributed by atoms with Crippen molar-refractivity contribution in [2.45, 2.75) is 6.92 Å². The summed E-state index contributed by atoms with van der Waals surface area (Å²) in [5, 5.41) is 7.46. The number of ether oxygens (including phenoxy) is 1. The number of aryl methyl sites for hydroxylation is 1. The number of hydrogen-bond donors (Lipinski definition) is 1. The number of aromatic nitrogens is 2. The van der Waals surface area contributed by atoms with E-state index in [4.69, 9.17) is 4.74 Å². The van der Waals surface area contributed by atoms with Gasteiger partial charge in [-0.1, -0.05) is 29.8 Å². The van der Waals surface area contributed by atoms with E-state index >= 15 is 0 Å². The molecule has 0 aliphatic rings. The summed E-state index contributed by atoms with van der Waals surface area (Å²) in [7, 11) is 1.61. The molecule has 1 heterocycles. The van der Waals surface area contributed by atoms with E-state index in [1.165, 1.54) is 12.1 Å². The predicted octanol–water partition coefficient (Wildman–Crippen LogP) is 5.25. The smallest absolute Gasteiger partial charge is 0.259 e. The zero-order valence-electron chi connectivity index (χ0n) is 16.6. The average Bonchev–Trinajstić information content (AvgIpc) is 3.18. The lowest BCUT2D eigenvalue weighted by atomic mass is 10.1. The number of halogens is 1. The second-order valence-corrected chi connectivity index (χ2v) is 6.82. The second-order valence-electron chi connectivity index (χ2n) is 6.82. The Labute approximate surface area is 173 Å². The number of nitrogens with zero attached hydrogens (tertiary/aromatic N) is 2. The first-order chi connectivity index (χ1) is 14.5. The molecule has 1 N–H and O–H groups in total. The fraction of sp³-hybridized carbons (Fsp3) is 0.0833. The maximum Gasteiger partial charge on any atom is 0.259 e. The van der Waals surface area contributed by atoms with Gasteiger partial charge in [-0.3, -0.25) is 4.79 Å². The summed E-state index contributed by atoms with van der Waals surface area (Å²) < 4.78 is 20.9. The Morgan fingerprint density at radius 3 is 2.37 bits per heavy atom. The van der Waals surface area contributed by atoms with Crippen LogP contribution in [0.5, 0.6) is 5.75 Å². The van der Waals surface area contributed by atoms with Crippen molar-refractivity contribution in [1.82, 2.24) is 9.78 Å². The van der Waals surface area contributed by atoms with Crippen molar-refractivity contribution in [2.75, 3.05) is 12.4 Å². The maximum atomic E-state index is 14.1. The summed E-state index contributed by atoms with van der Waals surface area (Å²) in [6.07, 6.45) is 0. The van der Waals surface area contributed by atoms with E-state index in [0.717, 1.165) is 22.6 Å². The van der Waals surface area contributed by atoms with Gasteiger partial charge in [0.2, 0.25) is 0 Å². The number of nitrogens with one attached hydrogen (secondary N) is 1. The molecule has 6 heteroatoms. The topological polar surface area (TPSA) is 56.1 Å². The lowest BCUT2D eigenvalue weighted by molar-refractivity contribution is 0.102. The normalized spacial score (nSPS) is 10.6. The van der Waals surface area contributed by atoms with Crippen LogP contribution in [0.15, 0.2) is 78.9 Å². The highest BCUT2D eigenvalue weighted by atomic mass is 19.1. The van der Waals surface area contributed by atoms with E-state index in [2.05, 4.69) is 10.4 Å². The Kier molecular flexibility index (Phi) is 5.30. The second kappa shape index (κ2) is 8.21. The van der Waals surface area contributed by atoms with Gasteiger partial charge in [0, 0.05) is 11.6 Å². The number of benzene rings is 3. The molecule has 0 saturated carbocycles. The van der Waals surface area contributed by atoms with Crippen molar-refractivity contribution >= 4 is 11.7 Å². The number of rotatable bonds is 5. The van der Waals surface area contributed by atoms with Crippen LogP contribution in [0, 0.1) is 12.7 Å². The van der Waals surface area contributed by atoms with Gasteiger partial charge in [-0.2, -0.15) is 5.10 Å². The van der Waals surface area contributed by atoms with Crippen LogP contribution in [-0.4, -0.2) is 22.8 Å². The van der Waals surface area contributed by atoms with Crippen LogP contribution in [0.3, 0.4) is 0 Å². The molecule has 4 rings (SSSR count). The van der Waals surface area contributed by atoms with Gasteiger partial charge in [0.1, 0.15) is 17.4 Å². The maximum absolute atomic E-state index is 14.1. The summed E-state index contributed by atoms with van der Waals surface area (Å²) >= 11 is 0. The first-order valence-electron chi connectivity index (χ1n) is 9.42. The Morgan fingerprint density at radius 1 is 1.00 bits per heavy atom. The van der Waals surface area contributed by atoms with Gasteiger partial charge in [0.25, 0.3) is 5.91 Å². The van der Waals surface area contributed by atoms with Crippen molar-refractivity contribution in [2.24, 2.45) is 0 Å². The van der Waals surface area contributed by atoms with E-state index in [1.54, 1.807) is 30.0 Å². The summed E-state index contributed by atoms with van der Waals surface area (Å²) in [5.74, 6) is 0.0668. The molecular formula is C24H20FN3O2. The van der Waals surface area contributed by atoms with E-state index < -0.39 is 11.7 Å². The Balaban J connectivity index is 1.75. The van der Waals surface area contributed by atoms with E-state index in [0.29, 0.717) is 11.5 Å². The molecule has 0 saturated heterocycles. The van der Waals surface area contributed by atoms with Crippen LogP contribution in [0.2, 0.25) is 0 Å². The van der Waals surface area contributed by atoms with E-state index in [9.17, 15) is 9.18 Å². The van der Waals surface area contributed by atoms with Gasteiger partial charge in [-0.05, 0) is 55.5 Å². The Bertz CT molecular complexity index is 1180. The van der Waals surface area contributed by atoms with E-state index in [-0.39, 0.29) is 5.56 Å². The zero-order valence-corrected chi connectivity index (χ0v) is 16.6. The quantitative estimate of drug-likeness (QED) is 0.497. The van der Waals surface area contributed by atoms with Gasteiger partial charge in [0.15, 0.2) is 0 Å². The molecule has 1 aromatic heterocycles. The van der Waals surface area contributed by atoms with Gasteiger partial charge in [-0.25, -0.2) is 9.07 Å². The average molecular weight is 401 g/mol. The van der Waals surface area contributed by atoms with Crippen LogP contribution < -0.4 is 10.1 Å². The monoisotopic (exact) mass is 401 g/mol. The minimum absolute atomic E-state index is 0.0276. The Hall–Kier alpha value is -3.93. The molecular weight excluding hydrogens is 381 g/mol. The number of amides is 1. The largest absolute Gasteiger partial charge is 0.497 e. The third-order valence-corrected chi connectivity index (χ3v) is 4.73. The van der Waals surface area contributed by atoms with Crippen molar-refractivity contribution in [3.8, 4) is 22.7 Å². The van der Waals surface area contributed by atoms with Gasteiger partial charge in [0.05, 0.1) is 24.1 Å². The first-order valence-corrected chi connectivity index (χ1v) is 9.42. The fourth-order valence-corrected chi connectivity index (χ4v) is 3.08. The van der Waals surface area contributed by atoms with Gasteiger partial charge < -0.3 is 10.1 Å². The minimum atomic E-state index is -0.577. The van der Waals surface area contributed by atoms with Crippen LogP contribution in [0.4, 0.5) is 10.2 Å². The van der Waals surface area contributed by atoms with Crippen molar-refractivity contribution in [3.05, 3.63) is 95.8 Å². The molecule has 5 nitrogen and oxygen atoms in total. The lowest BCUT2D eigenvalue weighted by Crippen LogP contribution is -2.16. The molecule has 0 radical (unpaired) electrons. The number of anilines is 1. The highest BCUT2D eigenvalue weighted by Crippen LogP contribution is 2.27. The van der Waals surface area contributed by atoms with Crippen LogP contribution in [-0.2, 0) is 0 Å². The molecule has 0 aliphatic carbocycles. The van der Waals surface area contributed by atoms with Crippen molar-refractivity contribution < 1.29 is 13.9 Å². The third kappa shape index (κ3) is 3.93. The van der Waals surface area contributed by atoms with Gasteiger partial charge >= 0.3 is 0 Å². The Morgan fingerprint density at radius 2 is 1.70 bits per heavy atom. The molecule has 3 aromatic carbocycles. The zero-order chi connectivity index (χ0) is 21.1. The fourth-order valence-electron chi connectivity index (χ4n) is 3.08. The summed E-state index contributed by atoms with van der Waals surface area (Å²) in [4.78, 5) is 12.7. The molecule has 0 fully saturated rings. The molecule has 0 atom stereocenters. The summed E-state index contributed by atoms with van der Waals surface area (Å²) in [6.45, 7) is 2.00. The van der Waals surface area contributed by atoms with Crippen LogP contribution in [0.1, 0.15) is 15.9 Å². The molecule has 1 amide bonds. The summed E-state index contributed by atoms with van der Waals surface area (Å²) in [5.41, 5.74) is 3.40. The third-order valence-electron chi connectivity index (χ3n) is 4.73. The molecule has 0 spiro atoms. The van der Waals surface area contributed by atoms with Crippen molar-refractivity contribution in [3.63, 3.8) is 0 Å². The number of hydrogen-bond acceptors (Lipinski definition) is 3. The minimum Gasteiger partial charge on any atom is -0.497 e. The molecule has 0 unspecified atom stereocenters. The van der Waals surface area contributed by atoms with Gasteiger partial charge in [-0.15, -0.1) is 0 Å². The molecule has 0 aliphatic heterocycles. The molecule has 30 heavy (non-hydrogen) atoms. The SMILES string of the molecule is COc1ccc(-c2cc(NC(=O)c3ccccc3F)n(-c3ccc(C)cc3)n2)cc1.